The molecule has 1 aliphatic rings. The van der Waals surface area contributed by atoms with E-state index in [2.05, 4.69) is 10.6 Å². The van der Waals surface area contributed by atoms with Crippen LogP contribution in [0.5, 0.6) is 0 Å². The second kappa shape index (κ2) is 17.8. The Balaban J connectivity index is 1.37. The molecule has 0 spiro atoms. The number of carbonyl (C=O) groups is 5. The SMILES string of the molecule is CC(C)(C)OC(=O)CN(CCOCC(=O)NCCC[C@H](NC(=O)OCC1c2ccccc2-c2ccccc21)C(=O)O)CC(=O)OC(C)(C)C. The first-order valence-electron chi connectivity index (χ1n) is 16.4. The molecule has 0 fully saturated rings. The number of fused-ring (bicyclic) bond motifs is 3. The molecule has 13 nitrogen and oxygen atoms in total. The molecule has 0 aliphatic heterocycles. The van der Waals surface area contributed by atoms with E-state index in [-0.39, 0.29) is 64.8 Å². The van der Waals surface area contributed by atoms with Crippen molar-refractivity contribution in [2.75, 3.05) is 46.0 Å². The number of ether oxygens (including phenoxy) is 4. The lowest BCUT2D eigenvalue weighted by atomic mass is 9.98. The zero-order valence-corrected chi connectivity index (χ0v) is 29.2. The number of rotatable bonds is 17. The van der Waals surface area contributed by atoms with Gasteiger partial charge >= 0.3 is 24.0 Å². The van der Waals surface area contributed by atoms with Crippen molar-refractivity contribution >= 4 is 29.9 Å². The Morgan fingerprint density at radius 3 is 1.88 bits per heavy atom. The van der Waals surface area contributed by atoms with E-state index in [9.17, 15) is 29.1 Å². The van der Waals surface area contributed by atoms with Crippen LogP contribution in [0.2, 0.25) is 0 Å². The van der Waals surface area contributed by atoms with Gasteiger partial charge in [0.1, 0.15) is 30.5 Å². The van der Waals surface area contributed by atoms with Gasteiger partial charge in [-0.3, -0.25) is 19.3 Å². The van der Waals surface area contributed by atoms with Gasteiger partial charge in [-0.2, -0.15) is 0 Å². The van der Waals surface area contributed by atoms with Crippen LogP contribution in [0.3, 0.4) is 0 Å². The summed E-state index contributed by atoms with van der Waals surface area (Å²) in [4.78, 5) is 62.9. The van der Waals surface area contributed by atoms with E-state index in [4.69, 9.17) is 18.9 Å². The number of amides is 2. The van der Waals surface area contributed by atoms with Crippen molar-refractivity contribution in [3.63, 3.8) is 0 Å². The van der Waals surface area contributed by atoms with Crippen molar-refractivity contribution in [2.45, 2.75) is 77.5 Å². The zero-order chi connectivity index (χ0) is 36.2. The minimum atomic E-state index is -1.22. The van der Waals surface area contributed by atoms with Gasteiger partial charge in [-0.1, -0.05) is 48.5 Å². The van der Waals surface area contributed by atoms with Gasteiger partial charge in [-0.05, 0) is 76.6 Å². The van der Waals surface area contributed by atoms with Crippen LogP contribution in [0.1, 0.15) is 71.4 Å². The zero-order valence-electron chi connectivity index (χ0n) is 29.2. The van der Waals surface area contributed by atoms with Crippen molar-refractivity contribution in [3.8, 4) is 11.1 Å². The number of nitrogens with zero attached hydrogens (tertiary/aromatic N) is 1. The highest BCUT2D eigenvalue weighted by Gasteiger charge is 2.30. The molecule has 3 N–H and O–H groups in total. The van der Waals surface area contributed by atoms with E-state index in [1.54, 1.807) is 41.5 Å². The molecule has 0 saturated heterocycles. The Kier molecular flexibility index (Phi) is 14.1. The van der Waals surface area contributed by atoms with Crippen molar-refractivity contribution < 1.29 is 48.0 Å². The Morgan fingerprint density at radius 2 is 1.37 bits per heavy atom. The second-order valence-electron chi connectivity index (χ2n) is 13.8. The fourth-order valence-corrected chi connectivity index (χ4v) is 5.31. The fraction of sp³-hybridized carbons (Fsp3) is 0.528. The standard InChI is InChI=1S/C36H49N3O10/c1-35(2,3)48-31(41)20-39(21-32(42)49-36(4,5)6)18-19-46-23-30(40)37-17-11-16-29(33(43)44)38-34(45)47-22-28-26-14-9-7-12-24(26)25-13-8-10-15-27(25)28/h7-10,12-15,28-29H,11,16-23H2,1-6H3,(H,37,40)(H,38,45)(H,43,44)/t29-/m0/s1. The van der Waals surface area contributed by atoms with Crippen molar-refractivity contribution in [2.24, 2.45) is 0 Å². The largest absolute Gasteiger partial charge is 0.480 e. The summed E-state index contributed by atoms with van der Waals surface area (Å²) in [6.45, 7) is 10.3. The first-order chi connectivity index (χ1) is 23.0. The second-order valence-corrected chi connectivity index (χ2v) is 13.8. The maximum atomic E-state index is 12.6. The summed E-state index contributed by atoms with van der Waals surface area (Å²) in [6, 6.07) is 14.6. The average molecular weight is 684 g/mol. The highest BCUT2D eigenvalue weighted by molar-refractivity contribution is 5.81. The molecule has 49 heavy (non-hydrogen) atoms. The molecule has 0 aromatic heterocycles. The smallest absolute Gasteiger partial charge is 0.407 e. The number of carboxylic acid groups (broad SMARTS) is 1. The summed E-state index contributed by atoms with van der Waals surface area (Å²) in [5, 5.41) is 14.7. The van der Waals surface area contributed by atoms with E-state index in [1.165, 1.54) is 4.90 Å². The van der Waals surface area contributed by atoms with Gasteiger partial charge in [0.2, 0.25) is 5.91 Å². The summed E-state index contributed by atoms with van der Waals surface area (Å²) in [5.74, 6) is -2.83. The molecule has 0 heterocycles. The molecule has 1 aliphatic carbocycles. The lowest BCUT2D eigenvalue weighted by Crippen LogP contribution is -2.42. The molecule has 1 atom stereocenters. The first-order valence-corrected chi connectivity index (χ1v) is 16.4. The number of alkyl carbamates (subject to hydrolysis) is 1. The van der Waals surface area contributed by atoms with Gasteiger partial charge in [0.05, 0.1) is 19.7 Å². The van der Waals surface area contributed by atoms with Gasteiger partial charge in [-0.15, -0.1) is 0 Å². The number of benzene rings is 2. The van der Waals surface area contributed by atoms with Crippen LogP contribution in [-0.2, 0) is 38.1 Å². The van der Waals surface area contributed by atoms with Gasteiger partial charge in [0.25, 0.3) is 0 Å². The molecule has 0 saturated carbocycles. The topological polar surface area (TPSA) is 170 Å². The highest BCUT2D eigenvalue weighted by atomic mass is 16.6. The lowest BCUT2D eigenvalue weighted by Gasteiger charge is -2.26. The fourth-order valence-electron chi connectivity index (χ4n) is 5.31. The van der Waals surface area contributed by atoms with Gasteiger partial charge in [0, 0.05) is 19.0 Å². The third-order valence-corrected chi connectivity index (χ3v) is 7.26. The number of aliphatic carboxylic acids is 1. The normalized spacial score (nSPS) is 13.2. The van der Waals surface area contributed by atoms with E-state index in [0.29, 0.717) is 0 Å². The van der Waals surface area contributed by atoms with Crippen LogP contribution in [-0.4, -0.2) is 103 Å². The molecule has 3 rings (SSSR count). The molecule has 0 unspecified atom stereocenters. The number of esters is 2. The maximum absolute atomic E-state index is 12.6. The minimum absolute atomic E-state index is 0.0458. The third-order valence-electron chi connectivity index (χ3n) is 7.26. The van der Waals surface area contributed by atoms with Crippen LogP contribution < -0.4 is 10.6 Å². The number of carboxylic acids is 1. The van der Waals surface area contributed by atoms with Gasteiger partial charge in [0.15, 0.2) is 0 Å². The number of hydrogen-bond donors (Lipinski definition) is 3. The lowest BCUT2D eigenvalue weighted by molar-refractivity contribution is -0.160. The number of nitrogens with one attached hydrogen (secondary N) is 2. The van der Waals surface area contributed by atoms with Crippen LogP contribution >= 0.6 is 0 Å². The van der Waals surface area contributed by atoms with Crippen LogP contribution in [0.25, 0.3) is 11.1 Å². The Hall–Kier alpha value is -4.49. The average Bonchev–Trinajstić information content (AvgIpc) is 3.31. The van der Waals surface area contributed by atoms with Crippen molar-refractivity contribution in [1.82, 2.24) is 15.5 Å². The predicted molar refractivity (Wildman–Crippen MR) is 181 cm³/mol. The van der Waals surface area contributed by atoms with Crippen LogP contribution in [0, 0.1) is 0 Å². The molecular weight excluding hydrogens is 634 g/mol. The van der Waals surface area contributed by atoms with Crippen LogP contribution in [0.15, 0.2) is 48.5 Å². The molecule has 0 bridgehead atoms. The highest BCUT2D eigenvalue weighted by Crippen LogP contribution is 2.44. The predicted octanol–water partition coefficient (Wildman–Crippen LogP) is 3.88. The summed E-state index contributed by atoms with van der Waals surface area (Å²) in [6.07, 6.45) is -0.504. The third kappa shape index (κ3) is 13.5. The number of hydrogen-bond acceptors (Lipinski definition) is 10. The quantitative estimate of drug-likeness (QED) is 0.126. The molecule has 2 aromatic carbocycles. The molecule has 268 valence electrons. The minimum Gasteiger partial charge on any atom is -0.480 e. The summed E-state index contributed by atoms with van der Waals surface area (Å²) in [7, 11) is 0. The van der Waals surface area contributed by atoms with E-state index >= 15 is 0 Å². The van der Waals surface area contributed by atoms with Crippen molar-refractivity contribution in [1.29, 1.82) is 0 Å². The molecule has 0 radical (unpaired) electrons. The summed E-state index contributed by atoms with van der Waals surface area (Å²) < 4.78 is 21.6. The molecule has 2 aromatic rings. The number of carbonyl (C=O) groups excluding carboxylic acids is 4. The van der Waals surface area contributed by atoms with Gasteiger partial charge < -0.3 is 34.7 Å². The molecular formula is C36H49N3O10. The van der Waals surface area contributed by atoms with Gasteiger partial charge in [-0.25, -0.2) is 9.59 Å². The van der Waals surface area contributed by atoms with E-state index < -0.39 is 47.2 Å². The Bertz CT molecular complexity index is 1390. The summed E-state index contributed by atoms with van der Waals surface area (Å²) >= 11 is 0. The van der Waals surface area contributed by atoms with Crippen molar-refractivity contribution in [3.05, 3.63) is 59.7 Å². The molecule has 2 amide bonds. The van der Waals surface area contributed by atoms with E-state index in [1.807, 2.05) is 48.5 Å². The Morgan fingerprint density at radius 1 is 0.837 bits per heavy atom. The first kappa shape index (κ1) is 39.0. The Labute approximate surface area is 287 Å². The van der Waals surface area contributed by atoms with Crippen LogP contribution in [0.4, 0.5) is 4.79 Å². The maximum Gasteiger partial charge on any atom is 0.407 e. The summed E-state index contributed by atoms with van der Waals surface area (Å²) in [5.41, 5.74) is 2.88. The molecule has 13 heteroatoms. The monoisotopic (exact) mass is 683 g/mol. The van der Waals surface area contributed by atoms with E-state index in [0.717, 1.165) is 22.3 Å².